The van der Waals surface area contributed by atoms with Crippen LogP contribution in [0.2, 0.25) is 0 Å². The van der Waals surface area contributed by atoms with Crippen molar-refractivity contribution < 1.29 is 26.5 Å². The molecule has 0 aliphatic carbocycles. The molecule has 0 aliphatic heterocycles. The van der Waals surface area contributed by atoms with E-state index in [2.05, 4.69) is 6.92 Å². The second-order valence-corrected chi connectivity index (χ2v) is 9.94. The number of benzene rings is 3. The molecule has 35 heavy (non-hydrogen) atoms. The molecule has 0 radical (unpaired) electrons. The smallest absolute Gasteiger partial charge is 0.339 e. The lowest BCUT2D eigenvalue weighted by Gasteiger charge is -2.27. The fraction of sp³-hybridized carbons (Fsp3) is 0.296. The molecule has 0 N–H and O–H groups in total. The van der Waals surface area contributed by atoms with Crippen LogP contribution in [-0.4, -0.2) is 31.9 Å². The summed E-state index contributed by atoms with van der Waals surface area (Å²) in [4.78, 5) is 14.8. The van der Waals surface area contributed by atoms with E-state index in [4.69, 9.17) is 8.92 Å². The summed E-state index contributed by atoms with van der Waals surface area (Å²) < 4.78 is 49.1. The molecule has 186 valence electrons. The van der Waals surface area contributed by atoms with Gasteiger partial charge in [0.1, 0.15) is 22.2 Å². The number of hydrogen-bond acceptors (Lipinski definition) is 5. The zero-order valence-electron chi connectivity index (χ0n) is 20.1. The third-order valence-corrected chi connectivity index (χ3v) is 6.57. The summed E-state index contributed by atoms with van der Waals surface area (Å²) in [6, 6.07) is 17.9. The molecule has 0 atom stereocenters. The van der Waals surface area contributed by atoms with Crippen LogP contribution in [0, 0.1) is 5.82 Å². The molecule has 0 saturated carbocycles. The maximum absolute atomic E-state index is 13.2. The van der Waals surface area contributed by atoms with Crippen LogP contribution >= 0.6 is 0 Å². The van der Waals surface area contributed by atoms with Crippen molar-refractivity contribution in [2.75, 3.05) is 6.61 Å². The number of amides is 1. The van der Waals surface area contributed by atoms with Crippen molar-refractivity contribution in [1.82, 2.24) is 4.90 Å². The van der Waals surface area contributed by atoms with Crippen LogP contribution in [0.3, 0.4) is 0 Å². The van der Waals surface area contributed by atoms with Crippen molar-refractivity contribution in [3.05, 3.63) is 89.7 Å². The average molecular weight is 500 g/mol. The number of ether oxygens (including phenoxy) is 1. The number of rotatable bonds is 11. The van der Waals surface area contributed by atoms with E-state index in [1.807, 2.05) is 13.8 Å². The minimum absolute atomic E-state index is 0.101. The van der Waals surface area contributed by atoms with E-state index in [0.717, 1.165) is 42.9 Å². The van der Waals surface area contributed by atoms with Gasteiger partial charge in [-0.2, -0.15) is 8.42 Å². The third-order valence-electron chi connectivity index (χ3n) is 5.31. The monoisotopic (exact) mass is 499 g/mol. The Morgan fingerprint density at radius 3 is 2.29 bits per heavy atom. The number of hydrogen-bond donors (Lipinski definition) is 0. The van der Waals surface area contributed by atoms with E-state index < -0.39 is 15.9 Å². The Hall–Kier alpha value is -3.39. The maximum atomic E-state index is 13.2. The Balaban J connectivity index is 1.73. The van der Waals surface area contributed by atoms with E-state index in [0.29, 0.717) is 17.7 Å². The maximum Gasteiger partial charge on any atom is 0.339 e. The minimum Gasteiger partial charge on any atom is -0.494 e. The summed E-state index contributed by atoms with van der Waals surface area (Å²) in [7, 11) is -4.12. The second kappa shape index (κ2) is 11.8. The van der Waals surface area contributed by atoms with Gasteiger partial charge in [-0.25, -0.2) is 4.39 Å². The van der Waals surface area contributed by atoms with Crippen molar-refractivity contribution in [3.63, 3.8) is 0 Å². The molecule has 0 heterocycles. The second-order valence-electron chi connectivity index (χ2n) is 8.39. The van der Waals surface area contributed by atoms with E-state index in [1.54, 1.807) is 47.4 Å². The van der Waals surface area contributed by atoms with Gasteiger partial charge in [-0.1, -0.05) is 25.5 Å². The summed E-state index contributed by atoms with van der Waals surface area (Å²) in [5, 5.41) is 0. The van der Waals surface area contributed by atoms with Crippen molar-refractivity contribution in [2.24, 2.45) is 0 Å². The van der Waals surface area contributed by atoms with E-state index in [9.17, 15) is 17.6 Å². The van der Waals surface area contributed by atoms with Crippen LogP contribution in [0.1, 0.15) is 49.5 Å². The lowest BCUT2D eigenvalue weighted by Crippen LogP contribution is -2.36. The molecule has 0 spiro atoms. The molecule has 8 heteroatoms. The molecule has 0 fully saturated rings. The first-order valence-corrected chi connectivity index (χ1v) is 12.9. The minimum atomic E-state index is -4.12. The molecular formula is C27H30FNO5S. The van der Waals surface area contributed by atoms with Crippen LogP contribution in [-0.2, 0) is 16.7 Å². The fourth-order valence-corrected chi connectivity index (χ4v) is 4.27. The zero-order valence-corrected chi connectivity index (χ0v) is 20.9. The number of carbonyl (C=O) groups excluding carboxylic acids is 1. The van der Waals surface area contributed by atoms with Gasteiger partial charge < -0.3 is 13.8 Å². The summed E-state index contributed by atoms with van der Waals surface area (Å²) in [6.45, 7) is 6.83. The number of carbonyl (C=O) groups is 1. The molecule has 0 saturated heterocycles. The van der Waals surface area contributed by atoms with Crippen molar-refractivity contribution in [1.29, 1.82) is 0 Å². The lowest BCUT2D eigenvalue weighted by molar-refractivity contribution is 0.0690. The standard InChI is InChI=1S/C27H30FNO5S/c1-4-5-17-33-24-13-9-22(10-14-24)27(30)29(20(2)3)19-21-7-6-8-25(18-21)34-35(31,32)26-15-11-23(28)12-16-26/h6-16,18,20H,4-5,17,19H2,1-3H3. The Labute approximate surface area is 206 Å². The SMILES string of the molecule is CCCCOc1ccc(C(=O)N(Cc2cccc(OS(=O)(=O)c3ccc(F)cc3)c2)C(C)C)cc1. The highest BCUT2D eigenvalue weighted by molar-refractivity contribution is 7.87. The molecule has 1 amide bonds. The van der Waals surface area contributed by atoms with E-state index in [-0.39, 0.29) is 29.1 Å². The third kappa shape index (κ3) is 7.29. The van der Waals surface area contributed by atoms with Crippen molar-refractivity contribution in [3.8, 4) is 11.5 Å². The highest BCUT2D eigenvalue weighted by atomic mass is 32.2. The number of halogens is 1. The van der Waals surface area contributed by atoms with E-state index in [1.165, 1.54) is 6.07 Å². The van der Waals surface area contributed by atoms with Gasteiger partial charge in [-0.15, -0.1) is 0 Å². The van der Waals surface area contributed by atoms with Crippen LogP contribution in [0.5, 0.6) is 11.5 Å². The quantitative estimate of drug-likeness (QED) is 0.245. The van der Waals surface area contributed by atoms with Crippen LogP contribution in [0.4, 0.5) is 4.39 Å². The summed E-state index contributed by atoms with van der Waals surface area (Å²) >= 11 is 0. The molecule has 0 bridgehead atoms. The Morgan fingerprint density at radius 1 is 0.971 bits per heavy atom. The van der Waals surface area contributed by atoms with Crippen LogP contribution in [0.15, 0.2) is 77.7 Å². The molecular weight excluding hydrogens is 469 g/mol. The van der Waals surface area contributed by atoms with Crippen LogP contribution in [0.25, 0.3) is 0 Å². The Bertz CT molecular complexity index is 1230. The summed E-state index contributed by atoms with van der Waals surface area (Å²) in [6.07, 6.45) is 2.01. The van der Waals surface area contributed by atoms with Crippen molar-refractivity contribution in [2.45, 2.75) is 51.1 Å². The topological polar surface area (TPSA) is 72.9 Å². The van der Waals surface area contributed by atoms with Gasteiger partial charge in [0.15, 0.2) is 0 Å². The molecule has 3 rings (SSSR count). The molecule has 0 aliphatic rings. The molecule has 3 aromatic carbocycles. The largest absolute Gasteiger partial charge is 0.494 e. The lowest BCUT2D eigenvalue weighted by atomic mass is 10.1. The molecule has 6 nitrogen and oxygen atoms in total. The normalized spacial score (nSPS) is 11.3. The number of nitrogens with zero attached hydrogens (tertiary/aromatic N) is 1. The molecule has 0 aromatic heterocycles. The van der Waals surface area contributed by atoms with Crippen LogP contribution < -0.4 is 8.92 Å². The van der Waals surface area contributed by atoms with Gasteiger partial charge in [0.2, 0.25) is 0 Å². The van der Waals surface area contributed by atoms with Crippen molar-refractivity contribution >= 4 is 16.0 Å². The highest BCUT2D eigenvalue weighted by Crippen LogP contribution is 2.23. The first-order chi connectivity index (χ1) is 16.7. The predicted molar refractivity (Wildman–Crippen MR) is 133 cm³/mol. The summed E-state index contributed by atoms with van der Waals surface area (Å²) in [5.74, 6) is 0.142. The van der Waals surface area contributed by atoms with Gasteiger partial charge >= 0.3 is 10.1 Å². The average Bonchev–Trinajstić information content (AvgIpc) is 2.83. The van der Waals surface area contributed by atoms with E-state index >= 15 is 0 Å². The first-order valence-electron chi connectivity index (χ1n) is 11.5. The zero-order chi connectivity index (χ0) is 25.4. The molecule has 0 unspecified atom stereocenters. The number of unbranched alkanes of at least 4 members (excludes halogenated alkanes) is 1. The Morgan fingerprint density at radius 2 is 1.66 bits per heavy atom. The molecule has 3 aromatic rings. The van der Waals surface area contributed by atoms with Gasteiger partial charge in [-0.05, 0) is 86.5 Å². The predicted octanol–water partition coefficient (Wildman–Crippen LogP) is 5.82. The highest BCUT2D eigenvalue weighted by Gasteiger charge is 2.21. The Kier molecular flexibility index (Phi) is 8.87. The first kappa shape index (κ1) is 26.2. The summed E-state index contributed by atoms with van der Waals surface area (Å²) in [5.41, 5.74) is 1.24. The van der Waals surface area contributed by atoms with Gasteiger partial charge in [-0.3, -0.25) is 4.79 Å². The van der Waals surface area contributed by atoms with Gasteiger partial charge in [0, 0.05) is 18.2 Å². The van der Waals surface area contributed by atoms with Gasteiger partial charge in [0.05, 0.1) is 6.61 Å². The fourth-order valence-electron chi connectivity index (χ4n) is 3.35. The van der Waals surface area contributed by atoms with Gasteiger partial charge in [0.25, 0.3) is 5.91 Å².